The monoisotopic (exact) mass is 360 g/mol. The van der Waals surface area contributed by atoms with E-state index < -0.39 is 0 Å². The van der Waals surface area contributed by atoms with Gasteiger partial charge in [-0.05, 0) is 43.4 Å². The SMILES string of the molecule is CN1CCCCCCN(C(=O)Cc2cccc(F)c2)[C@H]2CCC[C@H]2C1=O. The molecule has 1 heterocycles. The van der Waals surface area contributed by atoms with E-state index in [-0.39, 0.29) is 36.0 Å². The molecule has 1 aromatic carbocycles. The number of amides is 2. The molecule has 2 aliphatic rings. The van der Waals surface area contributed by atoms with E-state index in [2.05, 4.69) is 0 Å². The maximum absolute atomic E-state index is 13.5. The zero-order chi connectivity index (χ0) is 18.5. The maximum Gasteiger partial charge on any atom is 0.227 e. The molecule has 3 rings (SSSR count). The average molecular weight is 360 g/mol. The molecule has 1 aliphatic carbocycles. The fourth-order valence-electron chi connectivity index (χ4n) is 4.38. The molecular weight excluding hydrogens is 331 g/mol. The van der Waals surface area contributed by atoms with Crippen LogP contribution in [0.1, 0.15) is 50.5 Å². The summed E-state index contributed by atoms with van der Waals surface area (Å²) in [7, 11) is 1.88. The second kappa shape index (κ2) is 8.65. The third-order valence-electron chi connectivity index (χ3n) is 5.78. The Morgan fingerprint density at radius 3 is 2.65 bits per heavy atom. The summed E-state index contributed by atoms with van der Waals surface area (Å²) in [5, 5.41) is 0. The van der Waals surface area contributed by atoms with Gasteiger partial charge in [-0.15, -0.1) is 0 Å². The highest BCUT2D eigenvalue weighted by Crippen LogP contribution is 2.32. The molecule has 0 N–H and O–H groups in total. The minimum absolute atomic E-state index is 0.0101. The number of benzene rings is 1. The first-order valence-electron chi connectivity index (χ1n) is 9.85. The van der Waals surface area contributed by atoms with Crippen LogP contribution < -0.4 is 0 Å². The Labute approximate surface area is 155 Å². The number of nitrogens with zero attached hydrogens (tertiary/aromatic N) is 2. The number of fused-ring (bicyclic) bond motifs is 1. The highest BCUT2D eigenvalue weighted by molar-refractivity contribution is 5.83. The molecule has 1 saturated heterocycles. The normalized spacial score (nSPS) is 24.9. The summed E-state index contributed by atoms with van der Waals surface area (Å²) < 4.78 is 13.5. The summed E-state index contributed by atoms with van der Waals surface area (Å²) in [6.45, 7) is 1.51. The molecule has 1 saturated carbocycles. The molecule has 1 aliphatic heterocycles. The van der Waals surface area contributed by atoms with Crippen molar-refractivity contribution in [3.63, 3.8) is 0 Å². The maximum atomic E-state index is 13.5. The Hall–Kier alpha value is -1.91. The second-order valence-corrected chi connectivity index (χ2v) is 7.67. The smallest absolute Gasteiger partial charge is 0.227 e. The van der Waals surface area contributed by atoms with E-state index in [1.54, 1.807) is 12.1 Å². The molecule has 2 atom stereocenters. The van der Waals surface area contributed by atoms with Gasteiger partial charge < -0.3 is 9.80 Å². The first kappa shape index (κ1) is 18.9. The first-order chi connectivity index (χ1) is 12.6. The zero-order valence-corrected chi connectivity index (χ0v) is 15.6. The molecule has 0 unspecified atom stereocenters. The molecule has 0 radical (unpaired) electrons. The Bertz CT molecular complexity index is 649. The van der Waals surface area contributed by atoms with Gasteiger partial charge in [-0.1, -0.05) is 31.4 Å². The first-order valence-corrected chi connectivity index (χ1v) is 9.85. The lowest BCUT2D eigenvalue weighted by Gasteiger charge is -2.34. The molecule has 2 amide bonds. The van der Waals surface area contributed by atoms with Crippen LogP contribution in [0.25, 0.3) is 0 Å². The lowest BCUT2D eigenvalue weighted by Crippen LogP contribution is -2.48. The van der Waals surface area contributed by atoms with Crippen molar-refractivity contribution < 1.29 is 14.0 Å². The standard InChI is InChI=1S/C21H29FN2O2/c1-23-12-4-2-3-5-13-24(19-11-7-10-18(19)21(23)26)20(25)15-16-8-6-9-17(22)14-16/h6,8-9,14,18-19H,2-5,7,10-13,15H2,1H3/t18-,19+/m1/s1. The van der Waals surface area contributed by atoms with Crippen LogP contribution in [-0.2, 0) is 16.0 Å². The van der Waals surface area contributed by atoms with Crippen LogP contribution in [0, 0.1) is 11.7 Å². The fraction of sp³-hybridized carbons (Fsp3) is 0.619. The van der Waals surface area contributed by atoms with Crippen molar-refractivity contribution in [1.29, 1.82) is 0 Å². The van der Waals surface area contributed by atoms with E-state index in [1.807, 2.05) is 16.8 Å². The Balaban J connectivity index is 1.79. The molecule has 26 heavy (non-hydrogen) atoms. The Morgan fingerprint density at radius 1 is 1.12 bits per heavy atom. The van der Waals surface area contributed by atoms with Gasteiger partial charge in [0.05, 0.1) is 12.3 Å². The summed E-state index contributed by atoms with van der Waals surface area (Å²) in [5.41, 5.74) is 0.697. The van der Waals surface area contributed by atoms with Crippen LogP contribution in [0.2, 0.25) is 0 Å². The summed E-state index contributed by atoms with van der Waals surface area (Å²) in [5.74, 6) is -0.210. The molecule has 1 aromatic rings. The minimum Gasteiger partial charge on any atom is -0.345 e. The number of carbonyl (C=O) groups excluding carboxylic acids is 2. The fourth-order valence-corrected chi connectivity index (χ4v) is 4.38. The summed E-state index contributed by atoms with van der Waals surface area (Å²) in [6, 6.07) is 6.24. The topological polar surface area (TPSA) is 40.6 Å². The molecule has 4 nitrogen and oxygen atoms in total. The second-order valence-electron chi connectivity index (χ2n) is 7.67. The van der Waals surface area contributed by atoms with Crippen LogP contribution in [0.3, 0.4) is 0 Å². The van der Waals surface area contributed by atoms with E-state index in [9.17, 15) is 14.0 Å². The number of halogens is 1. The molecular formula is C21H29FN2O2. The number of rotatable bonds is 2. The van der Waals surface area contributed by atoms with Gasteiger partial charge in [0, 0.05) is 26.2 Å². The van der Waals surface area contributed by atoms with Gasteiger partial charge in [-0.25, -0.2) is 4.39 Å². The van der Waals surface area contributed by atoms with Gasteiger partial charge >= 0.3 is 0 Å². The van der Waals surface area contributed by atoms with E-state index in [0.29, 0.717) is 12.1 Å². The molecule has 2 fully saturated rings. The van der Waals surface area contributed by atoms with Crippen LogP contribution in [0.15, 0.2) is 24.3 Å². The van der Waals surface area contributed by atoms with Crippen LogP contribution in [0.5, 0.6) is 0 Å². The Morgan fingerprint density at radius 2 is 1.88 bits per heavy atom. The third-order valence-corrected chi connectivity index (χ3v) is 5.78. The van der Waals surface area contributed by atoms with Crippen molar-refractivity contribution in [3.05, 3.63) is 35.6 Å². The van der Waals surface area contributed by atoms with Gasteiger partial charge in [0.25, 0.3) is 0 Å². The van der Waals surface area contributed by atoms with Crippen LogP contribution in [-0.4, -0.2) is 47.8 Å². The van der Waals surface area contributed by atoms with Crippen LogP contribution >= 0.6 is 0 Å². The minimum atomic E-state index is -0.316. The van der Waals surface area contributed by atoms with Gasteiger partial charge in [-0.3, -0.25) is 9.59 Å². The predicted molar refractivity (Wildman–Crippen MR) is 99.1 cm³/mol. The number of carbonyl (C=O) groups is 2. The van der Waals surface area contributed by atoms with E-state index in [0.717, 1.165) is 51.5 Å². The van der Waals surface area contributed by atoms with Gasteiger partial charge in [-0.2, -0.15) is 0 Å². The number of hydrogen-bond acceptors (Lipinski definition) is 2. The van der Waals surface area contributed by atoms with E-state index in [4.69, 9.17) is 0 Å². The van der Waals surface area contributed by atoms with Crippen molar-refractivity contribution in [2.45, 2.75) is 57.4 Å². The van der Waals surface area contributed by atoms with E-state index in [1.165, 1.54) is 12.1 Å². The summed E-state index contributed by atoms with van der Waals surface area (Å²) in [6.07, 6.45) is 7.08. The van der Waals surface area contributed by atoms with Crippen molar-refractivity contribution in [3.8, 4) is 0 Å². The van der Waals surface area contributed by atoms with Crippen molar-refractivity contribution in [1.82, 2.24) is 9.80 Å². The third kappa shape index (κ3) is 4.43. The van der Waals surface area contributed by atoms with Gasteiger partial charge in [0.15, 0.2) is 0 Å². The lowest BCUT2D eigenvalue weighted by molar-refractivity contribution is -0.140. The Kier molecular flexibility index (Phi) is 6.28. The van der Waals surface area contributed by atoms with Crippen molar-refractivity contribution >= 4 is 11.8 Å². The highest BCUT2D eigenvalue weighted by Gasteiger charge is 2.39. The van der Waals surface area contributed by atoms with E-state index >= 15 is 0 Å². The molecule has 5 heteroatoms. The molecule has 0 aromatic heterocycles. The zero-order valence-electron chi connectivity index (χ0n) is 15.6. The van der Waals surface area contributed by atoms with Crippen molar-refractivity contribution in [2.75, 3.05) is 20.1 Å². The van der Waals surface area contributed by atoms with Gasteiger partial charge in [0.1, 0.15) is 5.82 Å². The molecule has 0 spiro atoms. The van der Waals surface area contributed by atoms with Crippen molar-refractivity contribution in [2.24, 2.45) is 5.92 Å². The predicted octanol–water partition coefficient (Wildman–Crippen LogP) is 3.40. The number of hydrogen-bond donors (Lipinski definition) is 0. The lowest BCUT2D eigenvalue weighted by atomic mass is 9.99. The van der Waals surface area contributed by atoms with Gasteiger partial charge in [0.2, 0.25) is 11.8 Å². The highest BCUT2D eigenvalue weighted by atomic mass is 19.1. The largest absolute Gasteiger partial charge is 0.345 e. The summed E-state index contributed by atoms with van der Waals surface area (Å²) in [4.78, 5) is 29.7. The average Bonchev–Trinajstić information content (AvgIpc) is 3.08. The summed E-state index contributed by atoms with van der Waals surface area (Å²) >= 11 is 0. The molecule has 0 bridgehead atoms. The molecule has 142 valence electrons. The quantitative estimate of drug-likeness (QED) is 0.811. The van der Waals surface area contributed by atoms with Crippen LogP contribution in [0.4, 0.5) is 4.39 Å².